The first-order valence-electron chi connectivity index (χ1n) is 10.1. The molecule has 1 saturated heterocycles. The number of hydrogen-bond donors (Lipinski definition) is 1. The lowest BCUT2D eigenvalue weighted by atomic mass is 10.1. The molecular formula is C22H23BrN4O3S2. The van der Waals surface area contributed by atoms with E-state index in [1.165, 1.54) is 27.8 Å². The van der Waals surface area contributed by atoms with Crippen LogP contribution in [0.2, 0.25) is 0 Å². The number of amides is 1. The second-order valence-electron chi connectivity index (χ2n) is 7.62. The van der Waals surface area contributed by atoms with Crippen LogP contribution in [-0.2, 0) is 10.0 Å². The lowest BCUT2D eigenvalue weighted by Crippen LogP contribution is -2.47. The largest absolute Gasteiger partial charge is 0.304 e. The van der Waals surface area contributed by atoms with Crippen LogP contribution < -0.4 is 5.32 Å². The van der Waals surface area contributed by atoms with Crippen LogP contribution in [0, 0.1) is 6.92 Å². The van der Waals surface area contributed by atoms with E-state index in [9.17, 15) is 13.2 Å². The summed E-state index contributed by atoms with van der Waals surface area (Å²) in [7, 11) is -1.68. The predicted molar refractivity (Wildman–Crippen MR) is 131 cm³/mol. The van der Waals surface area contributed by atoms with Gasteiger partial charge in [0.1, 0.15) is 0 Å². The molecule has 0 saturated carbocycles. The summed E-state index contributed by atoms with van der Waals surface area (Å²) in [5.41, 5.74) is 2.05. The SMILES string of the molecule is Cc1sc(NC(=O)c2cccc(S(=O)(=O)N3CCN(C)CC3)c2)nc1-c1ccc(Br)cc1. The van der Waals surface area contributed by atoms with Crippen LogP contribution in [0.15, 0.2) is 57.9 Å². The standard InChI is InChI=1S/C22H23BrN4O3S2/c1-15-20(16-6-8-18(23)9-7-16)24-22(31-15)25-21(28)17-4-3-5-19(14-17)32(29,30)27-12-10-26(2)11-13-27/h3-9,14H,10-13H2,1-2H3,(H,24,25,28). The summed E-state index contributed by atoms with van der Waals surface area (Å²) < 4.78 is 28.5. The third kappa shape index (κ3) is 4.94. The minimum atomic E-state index is -3.65. The minimum Gasteiger partial charge on any atom is -0.304 e. The quantitative estimate of drug-likeness (QED) is 0.533. The Labute approximate surface area is 200 Å². The molecule has 0 radical (unpaired) electrons. The lowest BCUT2D eigenvalue weighted by molar-refractivity contribution is 0.102. The van der Waals surface area contributed by atoms with Gasteiger partial charge in [-0.15, -0.1) is 11.3 Å². The lowest BCUT2D eigenvalue weighted by Gasteiger charge is -2.31. The number of benzene rings is 2. The van der Waals surface area contributed by atoms with Crippen molar-refractivity contribution >= 4 is 48.3 Å². The van der Waals surface area contributed by atoms with E-state index >= 15 is 0 Å². The normalized spacial score (nSPS) is 15.6. The van der Waals surface area contributed by atoms with Gasteiger partial charge in [0.15, 0.2) is 5.13 Å². The first kappa shape index (κ1) is 23.1. The fourth-order valence-corrected chi connectivity index (χ4v) is 6.03. The zero-order valence-electron chi connectivity index (χ0n) is 17.7. The predicted octanol–water partition coefficient (Wildman–Crippen LogP) is 4.07. The first-order chi connectivity index (χ1) is 15.2. The number of sulfonamides is 1. The number of halogens is 1. The number of nitrogens with zero attached hydrogens (tertiary/aromatic N) is 3. The molecule has 1 aliphatic heterocycles. The van der Waals surface area contributed by atoms with Crippen LogP contribution in [0.5, 0.6) is 0 Å². The zero-order valence-corrected chi connectivity index (χ0v) is 20.9. The van der Waals surface area contributed by atoms with Gasteiger partial charge in [0.05, 0.1) is 10.6 Å². The number of hydrogen-bond acceptors (Lipinski definition) is 6. The molecule has 7 nitrogen and oxygen atoms in total. The third-order valence-electron chi connectivity index (χ3n) is 5.33. The first-order valence-corrected chi connectivity index (χ1v) is 13.1. The maximum atomic E-state index is 13.0. The van der Waals surface area contributed by atoms with Crippen molar-refractivity contribution in [2.45, 2.75) is 11.8 Å². The molecule has 0 bridgehead atoms. The summed E-state index contributed by atoms with van der Waals surface area (Å²) in [6.45, 7) is 4.19. The van der Waals surface area contributed by atoms with Crippen molar-refractivity contribution in [2.75, 3.05) is 38.5 Å². The van der Waals surface area contributed by atoms with Gasteiger partial charge in [-0.1, -0.05) is 34.1 Å². The molecule has 32 heavy (non-hydrogen) atoms. The van der Waals surface area contributed by atoms with Gasteiger partial charge in [0, 0.05) is 46.7 Å². The number of carbonyl (C=O) groups is 1. The van der Waals surface area contributed by atoms with Crippen molar-refractivity contribution in [2.24, 2.45) is 0 Å². The summed E-state index contributed by atoms with van der Waals surface area (Å²) >= 11 is 4.81. The average Bonchev–Trinajstić information content (AvgIpc) is 3.14. The molecule has 2 aromatic carbocycles. The molecule has 0 aliphatic carbocycles. The van der Waals surface area contributed by atoms with Crippen molar-refractivity contribution in [1.82, 2.24) is 14.2 Å². The Balaban J connectivity index is 1.52. The van der Waals surface area contributed by atoms with E-state index < -0.39 is 15.9 Å². The van der Waals surface area contributed by atoms with Gasteiger partial charge in [0.2, 0.25) is 10.0 Å². The zero-order chi connectivity index (χ0) is 22.9. The summed E-state index contributed by atoms with van der Waals surface area (Å²) in [6.07, 6.45) is 0. The molecule has 1 aromatic heterocycles. The van der Waals surface area contributed by atoms with Crippen LogP contribution in [0.25, 0.3) is 11.3 Å². The summed E-state index contributed by atoms with van der Waals surface area (Å²) in [5.74, 6) is -0.392. The van der Waals surface area contributed by atoms with Crippen molar-refractivity contribution in [3.8, 4) is 11.3 Å². The molecule has 168 valence electrons. The van der Waals surface area contributed by atoms with E-state index in [2.05, 4.69) is 31.1 Å². The van der Waals surface area contributed by atoms with Crippen LogP contribution in [0.4, 0.5) is 5.13 Å². The second kappa shape index (κ2) is 9.40. The Hall–Kier alpha value is -2.11. The maximum Gasteiger partial charge on any atom is 0.257 e. The second-order valence-corrected chi connectivity index (χ2v) is 11.7. The van der Waals surface area contributed by atoms with Crippen LogP contribution in [0.1, 0.15) is 15.2 Å². The van der Waals surface area contributed by atoms with Crippen molar-refractivity contribution in [1.29, 1.82) is 0 Å². The molecule has 4 rings (SSSR count). The minimum absolute atomic E-state index is 0.126. The van der Waals surface area contributed by atoms with Gasteiger partial charge < -0.3 is 4.90 Å². The molecule has 2 heterocycles. The van der Waals surface area contributed by atoms with E-state index in [1.54, 1.807) is 12.1 Å². The van der Waals surface area contributed by atoms with Gasteiger partial charge in [-0.2, -0.15) is 4.31 Å². The Morgan fingerprint density at radius 3 is 2.47 bits per heavy atom. The number of anilines is 1. The molecule has 1 amide bonds. The molecule has 3 aromatic rings. The highest BCUT2D eigenvalue weighted by Crippen LogP contribution is 2.31. The van der Waals surface area contributed by atoms with E-state index in [1.807, 2.05) is 38.2 Å². The number of thiazole rings is 1. The van der Waals surface area contributed by atoms with Gasteiger partial charge >= 0.3 is 0 Å². The Morgan fingerprint density at radius 1 is 1.09 bits per heavy atom. The number of nitrogens with one attached hydrogen (secondary N) is 1. The maximum absolute atomic E-state index is 13.0. The molecule has 0 spiro atoms. The van der Waals surface area contributed by atoms with Crippen molar-refractivity contribution < 1.29 is 13.2 Å². The highest BCUT2D eigenvalue weighted by Gasteiger charge is 2.28. The van der Waals surface area contributed by atoms with Gasteiger partial charge in [0.25, 0.3) is 5.91 Å². The van der Waals surface area contributed by atoms with E-state index in [0.717, 1.165) is 20.6 Å². The Morgan fingerprint density at radius 2 is 1.78 bits per heavy atom. The van der Waals surface area contributed by atoms with E-state index in [0.29, 0.717) is 31.3 Å². The molecule has 10 heteroatoms. The Bertz CT molecular complexity index is 1230. The fourth-order valence-electron chi connectivity index (χ4n) is 3.47. The summed E-state index contributed by atoms with van der Waals surface area (Å²) in [4.78, 5) is 20.6. The van der Waals surface area contributed by atoms with Gasteiger partial charge in [-0.05, 0) is 44.3 Å². The summed E-state index contributed by atoms with van der Waals surface area (Å²) in [5, 5.41) is 3.28. The van der Waals surface area contributed by atoms with Crippen molar-refractivity contribution in [3.05, 3.63) is 63.4 Å². The Kier molecular flexibility index (Phi) is 6.78. The van der Waals surface area contributed by atoms with Crippen molar-refractivity contribution in [3.63, 3.8) is 0 Å². The van der Waals surface area contributed by atoms with Crippen LogP contribution in [0.3, 0.4) is 0 Å². The number of aryl methyl sites for hydroxylation is 1. The third-order valence-corrected chi connectivity index (χ3v) is 8.64. The number of carbonyl (C=O) groups excluding carboxylic acids is 1. The molecule has 0 atom stereocenters. The topological polar surface area (TPSA) is 82.6 Å². The smallest absolute Gasteiger partial charge is 0.257 e. The van der Waals surface area contributed by atoms with Gasteiger partial charge in [-0.25, -0.2) is 13.4 Å². The van der Waals surface area contributed by atoms with Crippen LogP contribution >= 0.6 is 27.3 Å². The number of likely N-dealkylation sites (N-methyl/N-ethyl adjacent to an activating group) is 1. The molecule has 1 aliphatic rings. The number of piperazine rings is 1. The van der Waals surface area contributed by atoms with E-state index in [-0.39, 0.29) is 10.5 Å². The monoisotopic (exact) mass is 534 g/mol. The average molecular weight is 535 g/mol. The molecule has 1 fully saturated rings. The summed E-state index contributed by atoms with van der Waals surface area (Å²) in [6, 6.07) is 14.0. The number of aromatic nitrogens is 1. The molecule has 0 unspecified atom stereocenters. The highest BCUT2D eigenvalue weighted by molar-refractivity contribution is 9.10. The number of rotatable bonds is 5. The van der Waals surface area contributed by atoms with Crippen LogP contribution in [-0.4, -0.2) is 61.7 Å². The van der Waals surface area contributed by atoms with Gasteiger partial charge in [-0.3, -0.25) is 10.1 Å². The van der Waals surface area contributed by atoms with E-state index in [4.69, 9.17) is 0 Å². The molecular weight excluding hydrogens is 512 g/mol. The highest BCUT2D eigenvalue weighted by atomic mass is 79.9. The fraction of sp³-hybridized carbons (Fsp3) is 0.273. The molecule has 1 N–H and O–H groups in total.